The van der Waals surface area contributed by atoms with Crippen molar-refractivity contribution in [1.29, 1.82) is 0 Å². The molecule has 2 amide bonds. The summed E-state index contributed by atoms with van der Waals surface area (Å²) in [4.78, 5) is 23.2. The zero-order valence-corrected chi connectivity index (χ0v) is 10.6. The molecule has 1 aliphatic carbocycles. The van der Waals surface area contributed by atoms with Gasteiger partial charge in [-0.15, -0.1) is 0 Å². The number of benzene rings is 1. The highest BCUT2D eigenvalue weighted by Gasteiger charge is 2.48. The Morgan fingerprint density at radius 1 is 1.32 bits per heavy atom. The minimum Gasteiger partial charge on any atom is -0.366 e. The van der Waals surface area contributed by atoms with Crippen LogP contribution in [0.4, 0.5) is 0 Å². The Hall–Kier alpha value is -1.88. The van der Waals surface area contributed by atoms with E-state index < -0.39 is 11.3 Å². The Labute approximate surface area is 111 Å². The lowest BCUT2D eigenvalue weighted by atomic mass is 9.70. The summed E-state index contributed by atoms with van der Waals surface area (Å²) < 4.78 is 0. The normalized spacial score (nSPS) is 25.7. The van der Waals surface area contributed by atoms with Crippen LogP contribution in [-0.4, -0.2) is 28.6 Å². The van der Waals surface area contributed by atoms with E-state index in [1.54, 1.807) is 6.07 Å². The smallest absolute Gasteiger partial charge is 0.252 e. The summed E-state index contributed by atoms with van der Waals surface area (Å²) in [6, 6.07) is 5.40. The number of aryl methyl sites for hydroxylation is 1. The Balaban J connectivity index is 1.93. The summed E-state index contributed by atoms with van der Waals surface area (Å²) in [7, 11) is 0. The number of carbonyl (C=O) groups is 2. The van der Waals surface area contributed by atoms with Gasteiger partial charge in [-0.25, -0.2) is 5.06 Å². The molecule has 1 saturated heterocycles. The molecule has 19 heavy (non-hydrogen) atoms. The van der Waals surface area contributed by atoms with Crippen LogP contribution in [0.3, 0.4) is 0 Å². The summed E-state index contributed by atoms with van der Waals surface area (Å²) in [5.41, 5.74) is 7.50. The Kier molecular flexibility index (Phi) is 2.60. The summed E-state index contributed by atoms with van der Waals surface area (Å²) in [5.74, 6) is -0.598. The minimum absolute atomic E-state index is 0.169. The standard InChI is InChI=1S/C14H16N2O3/c15-12(17)10-1-2-11-8-14(4-3-9(11)7-10)5-6-16(19)13(14)18/h1-2,7,19H,3-6,8H2,(H2,15,17). The second-order valence-electron chi connectivity index (χ2n) is 5.48. The number of hydroxylamine groups is 2. The molecule has 5 heteroatoms. The van der Waals surface area contributed by atoms with Crippen molar-refractivity contribution in [2.24, 2.45) is 11.1 Å². The van der Waals surface area contributed by atoms with E-state index in [2.05, 4.69) is 0 Å². The molecule has 1 spiro atoms. The lowest BCUT2D eigenvalue weighted by Crippen LogP contribution is -2.37. The number of carbonyl (C=O) groups excluding carboxylic acids is 2. The van der Waals surface area contributed by atoms with Crippen LogP contribution in [0.25, 0.3) is 0 Å². The lowest BCUT2D eigenvalue weighted by molar-refractivity contribution is -0.164. The van der Waals surface area contributed by atoms with Crippen LogP contribution in [0.2, 0.25) is 0 Å². The molecule has 3 rings (SSSR count). The summed E-state index contributed by atoms with van der Waals surface area (Å²) in [5, 5.41) is 10.3. The molecular weight excluding hydrogens is 244 g/mol. The van der Waals surface area contributed by atoms with Gasteiger partial charge in [0.05, 0.1) is 5.41 Å². The van der Waals surface area contributed by atoms with E-state index >= 15 is 0 Å². The van der Waals surface area contributed by atoms with Crippen molar-refractivity contribution in [2.75, 3.05) is 6.54 Å². The molecule has 1 aromatic carbocycles. The van der Waals surface area contributed by atoms with Gasteiger partial charge in [0.15, 0.2) is 0 Å². The maximum atomic E-state index is 12.1. The molecule has 0 aromatic heterocycles. The topological polar surface area (TPSA) is 83.6 Å². The van der Waals surface area contributed by atoms with Gasteiger partial charge in [0.2, 0.25) is 5.91 Å². The zero-order chi connectivity index (χ0) is 13.6. The van der Waals surface area contributed by atoms with Crippen LogP contribution in [0.5, 0.6) is 0 Å². The second-order valence-corrected chi connectivity index (χ2v) is 5.48. The Morgan fingerprint density at radius 2 is 2.11 bits per heavy atom. The average Bonchev–Trinajstić information content (AvgIpc) is 2.67. The second kappa shape index (κ2) is 4.06. The molecular formula is C14H16N2O3. The first-order valence-corrected chi connectivity index (χ1v) is 6.44. The van der Waals surface area contributed by atoms with Crippen molar-refractivity contribution in [3.63, 3.8) is 0 Å². The predicted molar refractivity (Wildman–Crippen MR) is 67.5 cm³/mol. The number of rotatable bonds is 1. The highest BCUT2D eigenvalue weighted by Crippen LogP contribution is 2.43. The van der Waals surface area contributed by atoms with E-state index in [4.69, 9.17) is 5.73 Å². The molecule has 1 fully saturated rings. The number of hydrogen-bond donors (Lipinski definition) is 2. The van der Waals surface area contributed by atoms with Gasteiger partial charge in [-0.2, -0.15) is 0 Å². The highest BCUT2D eigenvalue weighted by molar-refractivity contribution is 5.93. The van der Waals surface area contributed by atoms with Gasteiger partial charge in [0, 0.05) is 12.1 Å². The molecule has 1 atom stereocenters. The molecule has 1 heterocycles. The molecule has 100 valence electrons. The van der Waals surface area contributed by atoms with E-state index in [1.807, 2.05) is 12.1 Å². The van der Waals surface area contributed by atoms with Gasteiger partial charge in [0.1, 0.15) is 0 Å². The van der Waals surface area contributed by atoms with E-state index in [9.17, 15) is 14.8 Å². The summed E-state index contributed by atoms with van der Waals surface area (Å²) in [6.45, 7) is 0.410. The van der Waals surface area contributed by atoms with Crippen molar-refractivity contribution in [1.82, 2.24) is 5.06 Å². The van der Waals surface area contributed by atoms with E-state index in [0.717, 1.165) is 29.0 Å². The van der Waals surface area contributed by atoms with Crippen molar-refractivity contribution >= 4 is 11.8 Å². The fourth-order valence-corrected chi connectivity index (χ4v) is 3.21. The van der Waals surface area contributed by atoms with E-state index in [-0.39, 0.29) is 5.91 Å². The lowest BCUT2D eigenvalue weighted by Gasteiger charge is -2.32. The molecule has 0 radical (unpaired) electrons. The van der Waals surface area contributed by atoms with Crippen molar-refractivity contribution in [3.05, 3.63) is 34.9 Å². The van der Waals surface area contributed by atoms with Gasteiger partial charge in [-0.05, 0) is 48.9 Å². The number of amides is 2. The molecule has 1 unspecified atom stereocenters. The predicted octanol–water partition coefficient (Wildman–Crippen LogP) is 0.882. The molecule has 5 nitrogen and oxygen atoms in total. The quantitative estimate of drug-likeness (QED) is 0.735. The Morgan fingerprint density at radius 3 is 2.74 bits per heavy atom. The first-order chi connectivity index (χ1) is 9.02. The first-order valence-electron chi connectivity index (χ1n) is 6.44. The van der Waals surface area contributed by atoms with Crippen molar-refractivity contribution in [3.8, 4) is 0 Å². The summed E-state index contributed by atoms with van der Waals surface area (Å²) >= 11 is 0. The third kappa shape index (κ3) is 1.81. The third-order valence-electron chi connectivity index (χ3n) is 4.38. The monoisotopic (exact) mass is 260 g/mol. The van der Waals surface area contributed by atoms with Gasteiger partial charge in [0.25, 0.3) is 5.91 Å². The number of fused-ring (bicyclic) bond motifs is 1. The minimum atomic E-state index is -0.448. The van der Waals surface area contributed by atoms with E-state index in [1.165, 1.54) is 0 Å². The summed E-state index contributed by atoms with van der Waals surface area (Å²) in [6.07, 6.45) is 2.80. The molecule has 0 saturated carbocycles. The molecule has 0 bridgehead atoms. The largest absolute Gasteiger partial charge is 0.366 e. The van der Waals surface area contributed by atoms with Crippen LogP contribution in [0.1, 0.15) is 34.3 Å². The fourth-order valence-electron chi connectivity index (χ4n) is 3.21. The molecule has 3 N–H and O–H groups in total. The number of nitrogens with two attached hydrogens (primary N) is 1. The fraction of sp³-hybridized carbons (Fsp3) is 0.429. The van der Waals surface area contributed by atoms with Crippen LogP contribution in [-0.2, 0) is 17.6 Å². The maximum Gasteiger partial charge on any atom is 0.252 e. The number of hydrogen-bond acceptors (Lipinski definition) is 3. The third-order valence-corrected chi connectivity index (χ3v) is 4.38. The van der Waals surface area contributed by atoms with Crippen LogP contribution in [0, 0.1) is 5.41 Å². The molecule has 1 aromatic rings. The van der Waals surface area contributed by atoms with Crippen molar-refractivity contribution in [2.45, 2.75) is 25.7 Å². The SMILES string of the molecule is NC(=O)c1ccc2c(c1)CCC1(CCN(O)C1=O)C2. The zero-order valence-electron chi connectivity index (χ0n) is 10.6. The van der Waals surface area contributed by atoms with Gasteiger partial charge >= 0.3 is 0 Å². The van der Waals surface area contributed by atoms with Crippen LogP contribution in [0.15, 0.2) is 18.2 Å². The van der Waals surface area contributed by atoms with Crippen molar-refractivity contribution < 1.29 is 14.8 Å². The van der Waals surface area contributed by atoms with Gasteiger partial charge < -0.3 is 5.73 Å². The van der Waals surface area contributed by atoms with Crippen LogP contribution < -0.4 is 5.73 Å². The highest BCUT2D eigenvalue weighted by atomic mass is 16.5. The Bertz CT molecular complexity index is 570. The van der Waals surface area contributed by atoms with Gasteiger partial charge in [-0.1, -0.05) is 6.07 Å². The average molecular weight is 260 g/mol. The molecule has 2 aliphatic rings. The maximum absolute atomic E-state index is 12.1. The van der Waals surface area contributed by atoms with Crippen LogP contribution >= 0.6 is 0 Å². The number of nitrogens with zero attached hydrogens (tertiary/aromatic N) is 1. The van der Waals surface area contributed by atoms with E-state index in [0.29, 0.717) is 24.9 Å². The molecule has 1 aliphatic heterocycles. The number of primary amides is 1. The van der Waals surface area contributed by atoms with Gasteiger partial charge in [-0.3, -0.25) is 14.8 Å². The first kappa shape index (κ1) is 12.2.